The number of alkyl halides is 3. The summed E-state index contributed by atoms with van der Waals surface area (Å²) in [4.78, 5) is 38.2. The molecule has 2 aromatic carbocycles. The topological polar surface area (TPSA) is 64.3 Å². The molecular weight excluding hydrogens is 380 g/mol. The van der Waals surface area contributed by atoms with Crippen LogP contribution < -0.4 is 0 Å². The van der Waals surface area contributed by atoms with E-state index in [9.17, 15) is 31.9 Å². The highest BCUT2D eigenvalue weighted by atomic mass is 19.4. The van der Waals surface area contributed by atoms with Gasteiger partial charge in [0.2, 0.25) is 11.5 Å². The molecule has 0 saturated heterocycles. The van der Waals surface area contributed by atoms with E-state index in [1.54, 1.807) is 0 Å². The Morgan fingerprint density at radius 3 is 2.00 bits per heavy atom. The summed E-state index contributed by atoms with van der Waals surface area (Å²) in [6, 6.07) is 9.24. The number of furan rings is 1. The molecule has 0 aliphatic heterocycles. The van der Waals surface area contributed by atoms with Crippen molar-refractivity contribution in [3.8, 4) is 0 Å². The Balaban J connectivity index is 2.00. The van der Waals surface area contributed by atoms with Crippen LogP contribution in [0, 0.1) is 5.82 Å². The molecule has 0 N–H and O–H groups in total. The molecule has 0 fully saturated rings. The molecule has 0 amide bonds. The maximum Gasteiger partial charge on any atom is 0.450 e. The Hall–Kier alpha value is -3.55. The van der Waals surface area contributed by atoms with Crippen molar-refractivity contribution in [2.24, 2.45) is 0 Å². The molecular formula is C20H8F4O4. The lowest BCUT2D eigenvalue weighted by atomic mass is 9.85. The van der Waals surface area contributed by atoms with Gasteiger partial charge in [-0.15, -0.1) is 0 Å². The quantitative estimate of drug-likeness (QED) is 0.376. The number of hydrogen-bond donors (Lipinski definition) is 0. The van der Waals surface area contributed by atoms with Crippen molar-refractivity contribution in [1.82, 2.24) is 0 Å². The fraction of sp³-hybridized carbons (Fsp3) is 0.0500. The normalized spacial score (nSPS) is 13.3. The van der Waals surface area contributed by atoms with Gasteiger partial charge >= 0.3 is 6.18 Å². The van der Waals surface area contributed by atoms with Crippen LogP contribution in [0.1, 0.15) is 53.7 Å². The van der Waals surface area contributed by atoms with E-state index < -0.39 is 52.0 Å². The molecule has 3 aromatic rings. The zero-order chi connectivity index (χ0) is 20.2. The molecule has 28 heavy (non-hydrogen) atoms. The predicted octanol–water partition coefficient (Wildman–Crippen LogP) is 4.44. The Morgan fingerprint density at radius 2 is 1.43 bits per heavy atom. The number of ketones is 3. The van der Waals surface area contributed by atoms with Gasteiger partial charge in [-0.05, 0) is 24.3 Å². The number of benzene rings is 2. The Labute approximate surface area is 154 Å². The fourth-order valence-corrected chi connectivity index (χ4v) is 3.11. The van der Waals surface area contributed by atoms with Gasteiger partial charge in [-0.3, -0.25) is 14.4 Å². The number of hydrogen-bond acceptors (Lipinski definition) is 4. The van der Waals surface area contributed by atoms with Crippen molar-refractivity contribution in [3.05, 3.63) is 93.7 Å². The molecule has 1 aromatic heterocycles. The third kappa shape index (κ3) is 2.57. The first-order valence-electron chi connectivity index (χ1n) is 7.93. The molecule has 8 heteroatoms. The average molecular weight is 388 g/mol. The van der Waals surface area contributed by atoms with Crippen molar-refractivity contribution in [3.63, 3.8) is 0 Å². The van der Waals surface area contributed by atoms with Gasteiger partial charge in [0.1, 0.15) is 5.82 Å². The lowest BCUT2D eigenvalue weighted by molar-refractivity contribution is -0.153. The summed E-state index contributed by atoms with van der Waals surface area (Å²) in [6.07, 6.45) is -5.13. The van der Waals surface area contributed by atoms with Gasteiger partial charge in [-0.2, -0.15) is 13.2 Å². The Bertz CT molecular complexity index is 1150. The molecule has 0 spiro atoms. The zero-order valence-corrected chi connectivity index (χ0v) is 13.8. The molecule has 0 unspecified atom stereocenters. The number of halogens is 4. The minimum atomic E-state index is -5.13. The summed E-state index contributed by atoms with van der Waals surface area (Å²) in [5.41, 5.74) is -2.30. The van der Waals surface area contributed by atoms with Crippen LogP contribution in [0.4, 0.5) is 17.6 Å². The number of rotatable bonds is 2. The third-order valence-corrected chi connectivity index (χ3v) is 4.35. The van der Waals surface area contributed by atoms with E-state index >= 15 is 0 Å². The molecule has 140 valence electrons. The van der Waals surface area contributed by atoms with E-state index in [1.807, 2.05) is 0 Å². The first-order chi connectivity index (χ1) is 13.2. The molecule has 4 rings (SSSR count). The van der Waals surface area contributed by atoms with Crippen molar-refractivity contribution in [1.29, 1.82) is 0 Å². The van der Waals surface area contributed by atoms with Gasteiger partial charge in [0, 0.05) is 16.7 Å². The largest absolute Gasteiger partial charge is 0.450 e. The molecule has 0 atom stereocenters. The summed E-state index contributed by atoms with van der Waals surface area (Å²) in [7, 11) is 0. The standard InChI is InChI=1S/C20H8F4O4/c21-10-7-5-9(6-8-10)15(25)14-13-16(26)11-3-1-2-4-12(11)17(27)18(13)28-19(14)20(22,23)24/h1-8H. The highest BCUT2D eigenvalue weighted by Crippen LogP contribution is 2.41. The summed E-state index contributed by atoms with van der Waals surface area (Å²) < 4.78 is 58.4. The van der Waals surface area contributed by atoms with Gasteiger partial charge in [-0.1, -0.05) is 24.3 Å². The van der Waals surface area contributed by atoms with Crippen LogP contribution in [-0.2, 0) is 6.18 Å². The van der Waals surface area contributed by atoms with Crippen molar-refractivity contribution in [2.75, 3.05) is 0 Å². The first-order valence-corrected chi connectivity index (χ1v) is 7.93. The second-order valence-electron chi connectivity index (χ2n) is 6.05. The molecule has 0 bridgehead atoms. The van der Waals surface area contributed by atoms with E-state index in [2.05, 4.69) is 0 Å². The van der Waals surface area contributed by atoms with Crippen LogP contribution in [0.2, 0.25) is 0 Å². The summed E-state index contributed by atoms with van der Waals surface area (Å²) >= 11 is 0. The number of carbonyl (C=O) groups is 3. The van der Waals surface area contributed by atoms with Crippen LogP contribution in [0.3, 0.4) is 0 Å². The van der Waals surface area contributed by atoms with E-state index in [0.717, 1.165) is 24.3 Å². The second kappa shape index (κ2) is 5.98. The highest BCUT2D eigenvalue weighted by Gasteiger charge is 2.47. The van der Waals surface area contributed by atoms with Crippen molar-refractivity contribution in [2.45, 2.75) is 6.18 Å². The van der Waals surface area contributed by atoms with Crippen LogP contribution in [0.15, 0.2) is 52.9 Å². The maximum absolute atomic E-state index is 13.5. The number of fused-ring (bicyclic) bond motifs is 2. The fourth-order valence-electron chi connectivity index (χ4n) is 3.11. The molecule has 4 nitrogen and oxygen atoms in total. The highest BCUT2D eigenvalue weighted by molar-refractivity contribution is 6.31. The van der Waals surface area contributed by atoms with E-state index in [1.165, 1.54) is 24.3 Å². The molecule has 0 saturated carbocycles. The van der Waals surface area contributed by atoms with Gasteiger partial charge in [0.05, 0.1) is 11.1 Å². The molecule has 0 radical (unpaired) electrons. The molecule has 1 heterocycles. The zero-order valence-electron chi connectivity index (χ0n) is 13.8. The number of carbonyl (C=O) groups excluding carboxylic acids is 3. The summed E-state index contributed by atoms with van der Waals surface area (Å²) in [5, 5.41) is 0. The average Bonchev–Trinajstić information content (AvgIpc) is 3.08. The van der Waals surface area contributed by atoms with E-state index in [0.29, 0.717) is 0 Å². The Morgan fingerprint density at radius 1 is 0.857 bits per heavy atom. The smallest absolute Gasteiger partial charge is 0.446 e. The second-order valence-corrected chi connectivity index (χ2v) is 6.05. The minimum Gasteiger partial charge on any atom is -0.446 e. The summed E-state index contributed by atoms with van der Waals surface area (Å²) in [6.45, 7) is 0. The third-order valence-electron chi connectivity index (χ3n) is 4.35. The lowest BCUT2D eigenvalue weighted by Crippen LogP contribution is -2.22. The van der Waals surface area contributed by atoms with Crippen LogP contribution >= 0.6 is 0 Å². The van der Waals surface area contributed by atoms with Gasteiger partial charge in [0.15, 0.2) is 17.3 Å². The molecule has 1 aliphatic carbocycles. The molecule has 1 aliphatic rings. The van der Waals surface area contributed by atoms with Crippen LogP contribution in [0.25, 0.3) is 0 Å². The summed E-state index contributed by atoms with van der Waals surface area (Å²) in [5.74, 6) is -6.30. The van der Waals surface area contributed by atoms with Crippen LogP contribution in [-0.4, -0.2) is 17.3 Å². The van der Waals surface area contributed by atoms with Gasteiger partial charge < -0.3 is 4.42 Å². The minimum absolute atomic E-state index is 0.108. The SMILES string of the molecule is O=C1c2ccccc2C(=O)c2c1oc(C(F)(F)F)c2C(=O)c1ccc(F)cc1. The maximum atomic E-state index is 13.5. The monoisotopic (exact) mass is 388 g/mol. The first kappa shape index (κ1) is 17.8. The van der Waals surface area contributed by atoms with E-state index in [-0.39, 0.29) is 16.7 Å². The van der Waals surface area contributed by atoms with Crippen molar-refractivity contribution >= 4 is 17.3 Å². The Kier molecular flexibility index (Phi) is 3.81. The van der Waals surface area contributed by atoms with Gasteiger partial charge in [-0.25, -0.2) is 4.39 Å². The van der Waals surface area contributed by atoms with Gasteiger partial charge in [0.25, 0.3) is 0 Å². The lowest BCUT2D eigenvalue weighted by Gasteiger charge is -2.13. The van der Waals surface area contributed by atoms with E-state index in [4.69, 9.17) is 4.42 Å². The van der Waals surface area contributed by atoms with Crippen LogP contribution in [0.5, 0.6) is 0 Å². The predicted molar refractivity (Wildman–Crippen MR) is 86.8 cm³/mol. The van der Waals surface area contributed by atoms with Crippen molar-refractivity contribution < 1.29 is 36.4 Å².